The summed E-state index contributed by atoms with van der Waals surface area (Å²) in [5.74, 6) is -0.983. The van der Waals surface area contributed by atoms with Gasteiger partial charge < -0.3 is 10.8 Å². The Labute approximate surface area is 139 Å². The summed E-state index contributed by atoms with van der Waals surface area (Å²) in [5, 5.41) is 13.0. The Bertz CT molecular complexity index is 875. The summed E-state index contributed by atoms with van der Waals surface area (Å²) in [6, 6.07) is 5.66. The van der Waals surface area contributed by atoms with Gasteiger partial charge in [0.25, 0.3) is 0 Å². The molecule has 0 saturated heterocycles. The summed E-state index contributed by atoms with van der Waals surface area (Å²) >= 11 is 0. The SMILES string of the molecule is Nc1cccc(S(=O)(=O)NC2CCCc3c2cnn3CC(=O)O)c1. The summed E-state index contributed by atoms with van der Waals surface area (Å²) in [6.45, 7) is -0.232. The number of carboxylic acids is 1. The molecule has 128 valence electrons. The highest BCUT2D eigenvalue weighted by Crippen LogP contribution is 2.31. The van der Waals surface area contributed by atoms with Crippen molar-refractivity contribution in [3.8, 4) is 0 Å². The normalized spacial score (nSPS) is 17.4. The first-order chi connectivity index (χ1) is 11.4. The zero-order chi connectivity index (χ0) is 17.3. The Morgan fingerprint density at radius 3 is 2.96 bits per heavy atom. The van der Waals surface area contributed by atoms with E-state index in [0.29, 0.717) is 18.5 Å². The number of rotatable bonds is 5. The second-order valence-corrected chi connectivity index (χ2v) is 7.45. The molecule has 8 nitrogen and oxygen atoms in total. The molecule has 0 saturated carbocycles. The maximum absolute atomic E-state index is 12.6. The summed E-state index contributed by atoms with van der Waals surface area (Å²) in [4.78, 5) is 11.0. The maximum atomic E-state index is 12.6. The van der Waals surface area contributed by atoms with Gasteiger partial charge in [-0.15, -0.1) is 0 Å². The number of aromatic nitrogens is 2. The Morgan fingerprint density at radius 1 is 1.46 bits per heavy atom. The smallest absolute Gasteiger partial charge is 0.325 e. The van der Waals surface area contributed by atoms with Gasteiger partial charge in [-0.2, -0.15) is 5.10 Å². The Kier molecular flexibility index (Phi) is 4.29. The lowest BCUT2D eigenvalue weighted by molar-refractivity contribution is -0.137. The zero-order valence-corrected chi connectivity index (χ0v) is 13.7. The van der Waals surface area contributed by atoms with Gasteiger partial charge in [0.05, 0.1) is 17.1 Å². The minimum absolute atomic E-state index is 0.104. The molecule has 1 heterocycles. The van der Waals surface area contributed by atoms with Crippen LogP contribution in [0.25, 0.3) is 0 Å². The quantitative estimate of drug-likeness (QED) is 0.688. The van der Waals surface area contributed by atoms with Gasteiger partial charge in [0.1, 0.15) is 6.54 Å². The third-order valence-corrected chi connectivity index (χ3v) is 5.48. The number of aliphatic carboxylic acids is 1. The molecule has 2 aromatic rings. The van der Waals surface area contributed by atoms with Crippen LogP contribution in [0.5, 0.6) is 0 Å². The molecular formula is C15H18N4O4S. The molecule has 1 unspecified atom stereocenters. The van der Waals surface area contributed by atoms with Crippen LogP contribution in [0.15, 0.2) is 35.4 Å². The van der Waals surface area contributed by atoms with E-state index in [0.717, 1.165) is 17.7 Å². The number of carboxylic acid groups (broad SMARTS) is 1. The van der Waals surface area contributed by atoms with Crippen molar-refractivity contribution in [1.82, 2.24) is 14.5 Å². The first-order valence-corrected chi connectivity index (χ1v) is 8.99. The number of benzene rings is 1. The van der Waals surface area contributed by atoms with Crippen molar-refractivity contribution in [3.63, 3.8) is 0 Å². The lowest BCUT2D eigenvalue weighted by atomic mass is 9.94. The van der Waals surface area contributed by atoms with E-state index in [1.165, 1.54) is 16.8 Å². The molecule has 0 fully saturated rings. The van der Waals surface area contributed by atoms with Gasteiger partial charge in [-0.05, 0) is 37.5 Å². The molecule has 1 aromatic carbocycles. The van der Waals surface area contributed by atoms with E-state index in [-0.39, 0.29) is 11.4 Å². The number of nitrogens with zero attached hydrogens (tertiary/aromatic N) is 2. The largest absolute Gasteiger partial charge is 0.480 e. The van der Waals surface area contributed by atoms with Crippen molar-refractivity contribution >= 4 is 21.7 Å². The van der Waals surface area contributed by atoms with Crippen molar-refractivity contribution in [3.05, 3.63) is 41.7 Å². The molecule has 1 aliphatic carbocycles. The van der Waals surface area contributed by atoms with Crippen LogP contribution < -0.4 is 10.5 Å². The first kappa shape index (κ1) is 16.5. The molecule has 0 radical (unpaired) electrons. The fourth-order valence-electron chi connectivity index (χ4n) is 2.94. The number of fused-ring (bicyclic) bond motifs is 1. The van der Waals surface area contributed by atoms with Crippen LogP contribution in [0.3, 0.4) is 0 Å². The maximum Gasteiger partial charge on any atom is 0.325 e. The Hall–Kier alpha value is -2.39. The molecule has 9 heteroatoms. The van der Waals surface area contributed by atoms with Gasteiger partial charge in [-0.3, -0.25) is 9.48 Å². The Morgan fingerprint density at radius 2 is 2.25 bits per heavy atom. The van der Waals surface area contributed by atoms with Crippen LogP contribution in [0.1, 0.15) is 30.1 Å². The van der Waals surface area contributed by atoms with E-state index in [4.69, 9.17) is 10.8 Å². The third kappa shape index (κ3) is 3.26. The second-order valence-electron chi connectivity index (χ2n) is 5.74. The van der Waals surface area contributed by atoms with Gasteiger partial charge in [0.2, 0.25) is 10.0 Å². The molecule has 0 aliphatic heterocycles. The highest BCUT2D eigenvalue weighted by Gasteiger charge is 2.29. The lowest BCUT2D eigenvalue weighted by Gasteiger charge is -2.24. The van der Waals surface area contributed by atoms with Crippen LogP contribution >= 0.6 is 0 Å². The number of sulfonamides is 1. The van der Waals surface area contributed by atoms with Gasteiger partial charge in [-0.25, -0.2) is 13.1 Å². The van der Waals surface area contributed by atoms with E-state index < -0.39 is 22.0 Å². The van der Waals surface area contributed by atoms with Crippen molar-refractivity contribution in [1.29, 1.82) is 0 Å². The fraction of sp³-hybridized carbons (Fsp3) is 0.333. The molecule has 0 amide bonds. The molecule has 1 aliphatic rings. The number of nitrogen functional groups attached to an aromatic ring is 1. The number of hydrogen-bond acceptors (Lipinski definition) is 5. The molecule has 1 aromatic heterocycles. The summed E-state index contributed by atoms with van der Waals surface area (Å²) in [6.07, 6.45) is 3.61. The summed E-state index contributed by atoms with van der Waals surface area (Å²) in [5.41, 5.74) is 7.52. The molecule has 4 N–H and O–H groups in total. The second kappa shape index (κ2) is 6.25. The van der Waals surface area contributed by atoms with Gasteiger partial charge in [0, 0.05) is 16.9 Å². The van der Waals surface area contributed by atoms with E-state index in [9.17, 15) is 13.2 Å². The average Bonchev–Trinajstić information content (AvgIpc) is 2.91. The number of hydrogen-bond donors (Lipinski definition) is 3. The van der Waals surface area contributed by atoms with Gasteiger partial charge in [0.15, 0.2) is 0 Å². The standard InChI is InChI=1S/C15H18N4O4S/c16-10-3-1-4-11(7-10)24(22,23)18-13-5-2-6-14-12(13)8-17-19(14)9-15(20)21/h1,3-4,7-8,13,18H,2,5-6,9,16H2,(H,20,21). The topological polar surface area (TPSA) is 127 Å². The number of nitrogens with two attached hydrogens (primary N) is 1. The van der Waals surface area contributed by atoms with Crippen molar-refractivity contribution in [2.45, 2.75) is 36.7 Å². The molecule has 24 heavy (non-hydrogen) atoms. The van der Waals surface area contributed by atoms with Crippen LogP contribution in [0, 0.1) is 0 Å². The van der Waals surface area contributed by atoms with E-state index in [1.54, 1.807) is 18.3 Å². The van der Waals surface area contributed by atoms with Crippen LogP contribution in [-0.4, -0.2) is 29.3 Å². The minimum atomic E-state index is -3.72. The molecule has 1 atom stereocenters. The third-order valence-electron chi connectivity index (χ3n) is 4.01. The Balaban J connectivity index is 1.87. The molecular weight excluding hydrogens is 332 g/mol. The van der Waals surface area contributed by atoms with Crippen molar-refractivity contribution in [2.24, 2.45) is 0 Å². The van der Waals surface area contributed by atoms with Crippen LogP contribution in [-0.2, 0) is 27.8 Å². The molecule has 0 bridgehead atoms. The van der Waals surface area contributed by atoms with E-state index in [2.05, 4.69) is 9.82 Å². The van der Waals surface area contributed by atoms with Crippen molar-refractivity contribution in [2.75, 3.05) is 5.73 Å². The van der Waals surface area contributed by atoms with E-state index >= 15 is 0 Å². The van der Waals surface area contributed by atoms with E-state index in [1.807, 2.05) is 0 Å². The molecule has 0 spiro atoms. The summed E-state index contributed by atoms with van der Waals surface area (Å²) < 4.78 is 29.2. The monoisotopic (exact) mass is 350 g/mol. The summed E-state index contributed by atoms with van der Waals surface area (Å²) in [7, 11) is -3.72. The first-order valence-electron chi connectivity index (χ1n) is 7.51. The highest BCUT2D eigenvalue weighted by molar-refractivity contribution is 7.89. The average molecular weight is 350 g/mol. The lowest BCUT2D eigenvalue weighted by Crippen LogP contribution is -2.31. The zero-order valence-electron chi connectivity index (χ0n) is 12.8. The fourth-order valence-corrected chi connectivity index (χ4v) is 4.25. The predicted molar refractivity (Wildman–Crippen MR) is 86.7 cm³/mol. The molecule has 3 rings (SSSR count). The van der Waals surface area contributed by atoms with Crippen molar-refractivity contribution < 1.29 is 18.3 Å². The van der Waals surface area contributed by atoms with Crippen LogP contribution in [0.4, 0.5) is 5.69 Å². The number of anilines is 1. The van der Waals surface area contributed by atoms with Gasteiger partial charge in [-0.1, -0.05) is 6.07 Å². The number of carbonyl (C=O) groups is 1. The number of nitrogens with one attached hydrogen (secondary N) is 1. The predicted octanol–water partition coefficient (Wildman–Crippen LogP) is 0.906. The van der Waals surface area contributed by atoms with Gasteiger partial charge >= 0.3 is 5.97 Å². The van der Waals surface area contributed by atoms with Crippen LogP contribution in [0.2, 0.25) is 0 Å². The minimum Gasteiger partial charge on any atom is -0.480 e. The highest BCUT2D eigenvalue weighted by atomic mass is 32.2.